The van der Waals surface area contributed by atoms with Crippen molar-refractivity contribution >= 4 is 10.1 Å². The van der Waals surface area contributed by atoms with Crippen LogP contribution in [0.1, 0.15) is 0 Å². The van der Waals surface area contributed by atoms with E-state index < -0.39 is 21.4 Å². The van der Waals surface area contributed by atoms with Crippen LogP contribution < -0.4 is 8.92 Å². The predicted octanol–water partition coefficient (Wildman–Crippen LogP) is 9.07. The first-order valence-electron chi connectivity index (χ1n) is 13.9. The van der Waals surface area contributed by atoms with Gasteiger partial charge in [0.05, 0.1) is 18.5 Å². The fourth-order valence-electron chi connectivity index (χ4n) is 4.55. The summed E-state index contributed by atoms with van der Waals surface area (Å²) in [7, 11) is -4.08. The van der Waals surface area contributed by atoms with Crippen LogP contribution in [0.4, 0.5) is 13.2 Å². The monoisotopic (exact) mass is 640 g/mol. The number of hydrogen-bond acceptors (Lipinski definition) is 6. The molecule has 6 aromatic rings. The molecule has 0 saturated carbocycles. The summed E-state index contributed by atoms with van der Waals surface area (Å²) < 4.78 is 70.7. The van der Waals surface area contributed by atoms with Crippen molar-refractivity contribution in [2.45, 2.75) is 5.51 Å². The van der Waals surface area contributed by atoms with Crippen molar-refractivity contribution in [1.29, 1.82) is 0 Å². The molecule has 6 rings (SSSR count). The molecule has 0 spiro atoms. The molecule has 0 aliphatic carbocycles. The lowest BCUT2D eigenvalue weighted by Gasteiger charge is -2.14. The van der Waals surface area contributed by atoms with Gasteiger partial charge in [0.1, 0.15) is 5.75 Å². The van der Waals surface area contributed by atoms with Gasteiger partial charge >= 0.3 is 15.6 Å². The average Bonchev–Trinajstić information content (AvgIpc) is 3.09. The van der Waals surface area contributed by atoms with Gasteiger partial charge in [-0.3, -0.25) is 9.97 Å². The van der Waals surface area contributed by atoms with E-state index in [9.17, 15) is 21.6 Å². The Kier molecular flexibility index (Phi) is 9.78. The number of alkyl halides is 3. The highest BCUT2D eigenvalue weighted by molar-refractivity contribution is 7.88. The summed E-state index contributed by atoms with van der Waals surface area (Å²) in [6.07, 6.45) is 3.39. The summed E-state index contributed by atoms with van der Waals surface area (Å²) >= 11 is 0. The summed E-state index contributed by atoms with van der Waals surface area (Å²) in [5.74, 6) is 0.462. The molecule has 0 radical (unpaired) electrons. The third-order valence-corrected chi connectivity index (χ3v) is 7.72. The smallest absolute Gasteiger partial charge is 0.496 e. The maximum Gasteiger partial charge on any atom is 0.534 e. The van der Waals surface area contributed by atoms with Gasteiger partial charge in [-0.1, -0.05) is 72.8 Å². The quantitative estimate of drug-likeness (QED) is 0.128. The first-order chi connectivity index (χ1) is 22.2. The molecule has 0 aliphatic heterocycles. The third-order valence-electron chi connectivity index (χ3n) is 6.75. The summed E-state index contributed by atoms with van der Waals surface area (Å²) in [6.45, 7) is 0. The van der Waals surface area contributed by atoms with Gasteiger partial charge in [0.2, 0.25) is 0 Å². The standard InChI is InChI=1S/C18H12F3NO3S.C18H15NO/c19-18(20,21)26(23,24)25-17-10-9-14(16-8-4-5-11-22-16)12-15(17)13-6-2-1-3-7-13;1-20-18-11-10-15(17-9-5-6-12-19-17)13-16(18)14-7-3-2-4-8-14/h1-12H;2-13H,1H3. The van der Waals surface area contributed by atoms with E-state index in [0.29, 0.717) is 16.8 Å². The van der Waals surface area contributed by atoms with Crippen LogP contribution in [0.2, 0.25) is 0 Å². The Balaban J connectivity index is 0.000000187. The summed E-state index contributed by atoms with van der Waals surface area (Å²) in [5, 5.41) is 0. The van der Waals surface area contributed by atoms with Crippen LogP contribution in [0, 0.1) is 0 Å². The second kappa shape index (κ2) is 14.1. The van der Waals surface area contributed by atoms with E-state index in [-0.39, 0.29) is 5.56 Å². The highest BCUT2D eigenvalue weighted by Gasteiger charge is 2.48. The zero-order valence-electron chi connectivity index (χ0n) is 24.4. The Morgan fingerprint density at radius 3 is 1.39 bits per heavy atom. The second-order valence-electron chi connectivity index (χ2n) is 9.77. The minimum Gasteiger partial charge on any atom is -0.496 e. The molecule has 10 heteroatoms. The van der Waals surface area contributed by atoms with E-state index in [4.69, 9.17) is 4.74 Å². The summed E-state index contributed by atoms with van der Waals surface area (Å²) in [5.41, 5.74) is 0.687. The number of benzene rings is 4. The van der Waals surface area contributed by atoms with Gasteiger partial charge in [0.15, 0.2) is 5.75 Å². The van der Waals surface area contributed by atoms with Gasteiger partial charge < -0.3 is 8.92 Å². The lowest BCUT2D eigenvalue weighted by molar-refractivity contribution is -0.0499. The number of ether oxygens (including phenoxy) is 1. The summed E-state index contributed by atoms with van der Waals surface area (Å²) in [6, 6.07) is 40.1. The lowest BCUT2D eigenvalue weighted by Crippen LogP contribution is -2.28. The topological polar surface area (TPSA) is 78.4 Å². The highest BCUT2D eigenvalue weighted by Crippen LogP contribution is 2.37. The molecule has 0 unspecified atom stereocenters. The van der Waals surface area contributed by atoms with Gasteiger partial charge in [-0.25, -0.2) is 0 Å². The molecular formula is C36H27F3N2O4S. The molecular weight excluding hydrogens is 613 g/mol. The fraction of sp³-hybridized carbons (Fsp3) is 0.0556. The molecule has 0 N–H and O–H groups in total. The van der Waals surface area contributed by atoms with Crippen LogP contribution in [0.3, 0.4) is 0 Å². The largest absolute Gasteiger partial charge is 0.534 e. The number of pyridine rings is 2. The SMILES string of the molecule is COc1ccc(-c2ccccn2)cc1-c1ccccc1.O=S(=O)(Oc1ccc(-c2ccccn2)cc1-c1ccccc1)C(F)(F)F. The molecule has 0 saturated heterocycles. The Morgan fingerprint density at radius 2 is 0.978 bits per heavy atom. The molecule has 0 amide bonds. The molecule has 0 atom stereocenters. The summed E-state index contributed by atoms with van der Waals surface area (Å²) in [4.78, 5) is 8.59. The normalized spacial score (nSPS) is 11.2. The van der Waals surface area contributed by atoms with Gasteiger partial charge in [-0.2, -0.15) is 21.6 Å². The minimum absolute atomic E-state index is 0.210. The zero-order valence-corrected chi connectivity index (χ0v) is 25.2. The van der Waals surface area contributed by atoms with Crippen molar-refractivity contribution in [2.24, 2.45) is 0 Å². The van der Waals surface area contributed by atoms with Crippen molar-refractivity contribution in [2.75, 3.05) is 7.11 Å². The molecule has 2 aromatic heterocycles. The highest BCUT2D eigenvalue weighted by atomic mass is 32.2. The minimum atomic E-state index is -5.77. The molecule has 232 valence electrons. The number of aromatic nitrogens is 2. The molecule has 2 heterocycles. The molecule has 0 fully saturated rings. The van der Waals surface area contributed by atoms with E-state index in [1.165, 1.54) is 12.1 Å². The average molecular weight is 641 g/mol. The Morgan fingerprint density at radius 1 is 0.543 bits per heavy atom. The number of halogens is 3. The lowest BCUT2D eigenvalue weighted by atomic mass is 10.0. The second-order valence-corrected chi connectivity index (χ2v) is 11.3. The van der Waals surface area contributed by atoms with Crippen molar-refractivity contribution in [3.05, 3.63) is 146 Å². The van der Waals surface area contributed by atoms with Gasteiger partial charge in [-0.05, 0) is 71.8 Å². The maximum atomic E-state index is 12.7. The van der Waals surface area contributed by atoms with E-state index in [2.05, 4.69) is 32.4 Å². The molecule has 4 aromatic carbocycles. The van der Waals surface area contributed by atoms with E-state index in [1.54, 1.807) is 67.9 Å². The van der Waals surface area contributed by atoms with E-state index in [0.717, 1.165) is 28.1 Å². The van der Waals surface area contributed by atoms with Gasteiger partial charge in [0.25, 0.3) is 0 Å². The molecule has 6 nitrogen and oxygen atoms in total. The van der Waals surface area contributed by atoms with Crippen LogP contribution in [-0.4, -0.2) is 31.0 Å². The molecule has 46 heavy (non-hydrogen) atoms. The van der Waals surface area contributed by atoms with Crippen molar-refractivity contribution in [3.63, 3.8) is 0 Å². The number of rotatable bonds is 7. The van der Waals surface area contributed by atoms with Crippen LogP contribution in [0.25, 0.3) is 44.8 Å². The van der Waals surface area contributed by atoms with Crippen LogP contribution >= 0.6 is 0 Å². The third kappa shape index (κ3) is 7.59. The number of nitrogens with zero attached hydrogens (tertiary/aromatic N) is 2. The van der Waals surface area contributed by atoms with Crippen LogP contribution in [0.15, 0.2) is 146 Å². The Labute approximate surface area is 264 Å². The fourth-order valence-corrected chi connectivity index (χ4v) is 5.02. The molecule has 0 aliphatic rings. The van der Waals surface area contributed by atoms with Gasteiger partial charge in [0, 0.05) is 34.6 Å². The zero-order chi connectivity index (χ0) is 32.6. The first kappa shape index (κ1) is 31.9. The van der Waals surface area contributed by atoms with Crippen molar-refractivity contribution < 1.29 is 30.5 Å². The Bertz CT molecular complexity index is 1990. The van der Waals surface area contributed by atoms with Crippen LogP contribution in [-0.2, 0) is 10.1 Å². The van der Waals surface area contributed by atoms with Crippen molar-refractivity contribution in [3.8, 4) is 56.3 Å². The first-order valence-corrected chi connectivity index (χ1v) is 15.3. The van der Waals surface area contributed by atoms with E-state index in [1.807, 2.05) is 54.7 Å². The number of methoxy groups -OCH3 is 1. The van der Waals surface area contributed by atoms with E-state index >= 15 is 0 Å². The molecule has 0 bridgehead atoms. The number of hydrogen-bond donors (Lipinski definition) is 0. The van der Waals surface area contributed by atoms with Crippen LogP contribution in [0.5, 0.6) is 11.5 Å². The Hall–Kier alpha value is -5.48. The van der Waals surface area contributed by atoms with Gasteiger partial charge in [-0.15, -0.1) is 0 Å². The predicted molar refractivity (Wildman–Crippen MR) is 172 cm³/mol. The maximum absolute atomic E-state index is 12.7. The van der Waals surface area contributed by atoms with Crippen molar-refractivity contribution in [1.82, 2.24) is 9.97 Å².